The average Bonchev–Trinajstić information content (AvgIpc) is 2.91. The number of rotatable bonds is 7. The lowest BCUT2D eigenvalue weighted by Crippen LogP contribution is -2.20. The Kier molecular flexibility index (Phi) is 6.26. The number of aliphatic hydroxyl groups is 1. The quantitative estimate of drug-likeness (QED) is 0.620. The molecular formula is C15H21ClN4OS. The van der Waals surface area contributed by atoms with Gasteiger partial charge in [0.25, 0.3) is 0 Å². The second-order valence-electron chi connectivity index (χ2n) is 5.22. The van der Waals surface area contributed by atoms with E-state index in [9.17, 15) is 0 Å². The van der Waals surface area contributed by atoms with Gasteiger partial charge in [0.1, 0.15) is 0 Å². The average molecular weight is 341 g/mol. The summed E-state index contributed by atoms with van der Waals surface area (Å²) in [7, 11) is 4.04. The number of nitrogens with zero attached hydrogens (tertiary/aromatic N) is 4. The van der Waals surface area contributed by atoms with E-state index in [4.69, 9.17) is 16.7 Å². The number of aliphatic hydroxyl groups excluding tert-OH is 1. The smallest absolute Gasteiger partial charge is 0.195 e. The molecule has 0 amide bonds. The van der Waals surface area contributed by atoms with Crippen LogP contribution in [0.4, 0.5) is 0 Å². The van der Waals surface area contributed by atoms with Crippen LogP contribution in [0.25, 0.3) is 5.69 Å². The van der Waals surface area contributed by atoms with Crippen LogP contribution >= 0.6 is 23.4 Å². The van der Waals surface area contributed by atoms with Crippen molar-refractivity contribution in [3.63, 3.8) is 0 Å². The number of aromatic nitrogens is 3. The Hall–Kier alpha value is -1.08. The number of thioether (sulfide) groups is 1. The van der Waals surface area contributed by atoms with Gasteiger partial charge < -0.3 is 5.11 Å². The van der Waals surface area contributed by atoms with Crippen LogP contribution < -0.4 is 0 Å². The van der Waals surface area contributed by atoms with Crippen LogP contribution in [0.15, 0.2) is 29.4 Å². The van der Waals surface area contributed by atoms with Gasteiger partial charge in [-0.1, -0.05) is 23.4 Å². The van der Waals surface area contributed by atoms with Gasteiger partial charge in [-0.15, -0.1) is 10.2 Å². The first-order valence-electron chi connectivity index (χ1n) is 7.16. The highest BCUT2D eigenvalue weighted by Crippen LogP contribution is 2.27. The molecule has 1 N–H and O–H groups in total. The first-order chi connectivity index (χ1) is 10.5. The van der Waals surface area contributed by atoms with E-state index in [0.717, 1.165) is 28.8 Å². The molecule has 2 aromatic rings. The van der Waals surface area contributed by atoms with Crippen molar-refractivity contribution in [2.24, 2.45) is 0 Å². The molecule has 0 saturated heterocycles. The maximum atomic E-state index is 8.95. The zero-order valence-electron chi connectivity index (χ0n) is 13.0. The molecule has 0 radical (unpaired) electrons. The zero-order valence-corrected chi connectivity index (χ0v) is 14.6. The van der Waals surface area contributed by atoms with Gasteiger partial charge in [-0.3, -0.25) is 9.47 Å². The number of hydrogen-bond acceptors (Lipinski definition) is 5. The molecule has 22 heavy (non-hydrogen) atoms. The third-order valence-electron chi connectivity index (χ3n) is 3.43. The molecule has 7 heteroatoms. The van der Waals surface area contributed by atoms with E-state index < -0.39 is 0 Å². The second kappa shape index (κ2) is 7.97. The van der Waals surface area contributed by atoms with Gasteiger partial charge in [-0.25, -0.2) is 0 Å². The van der Waals surface area contributed by atoms with Gasteiger partial charge in [-0.05, 0) is 51.7 Å². The molecule has 0 fully saturated rings. The molecule has 0 bridgehead atoms. The SMILES string of the molecule is C[C@@H](c1nnc(SCCCO)n1-c1ccc(Cl)cc1)N(C)C. The fourth-order valence-electron chi connectivity index (χ4n) is 1.94. The van der Waals surface area contributed by atoms with Crippen molar-refractivity contribution in [1.29, 1.82) is 0 Å². The Morgan fingerprint density at radius 3 is 2.55 bits per heavy atom. The topological polar surface area (TPSA) is 54.2 Å². The van der Waals surface area contributed by atoms with E-state index in [1.54, 1.807) is 11.8 Å². The van der Waals surface area contributed by atoms with Crippen LogP contribution in [-0.2, 0) is 0 Å². The molecule has 1 heterocycles. The lowest BCUT2D eigenvalue weighted by molar-refractivity contribution is 0.296. The fraction of sp³-hybridized carbons (Fsp3) is 0.467. The first-order valence-corrected chi connectivity index (χ1v) is 8.52. The summed E-state index contributed by atoms with van der Waals surface area (Å²) in [6.45, 7) is 2.28. The summed E-state index contributed by atoms with van der Waals surface area (Å²) in [6.07, 6.45) is 0.733. The van der Waals surface area contributed by atoms with Crippen LogP contribution in [0, 0.1) is 0 Å². The van der Waals surface area contributed by atoms with Crippen LogP contribution in [0.5, 0.6) is 0 Å². The number of halogens is 1. The number of benzene rings is 1. The molecular weight excluding hydrogens is 320 g/mol. The third kappa shape index (κ3) is 4.01. The molecule has 0 unspecified atom stereocenters. The van der Waals surface area contributed by atoms with Crippen molar-refractivity contribution in [2.75, 3.05) is 26.5 Å². The summed E-state index contributed by atoms with van der Waals surface area (Å²) in [5.74, 6) is 1.69. The summed E-state index contributed by atoms with van der Waals surface area (Å²) >= 11 is 7.58. The van der Waals surface area contributed by atoms with Crippen LogP contribution in [0.3, 0.4) is 0 Å². The summed E-state index contributed by atoms with van der Waals surface area (Å²) in [5, 5.41) is 19.2. The predicted octanol–water partition coefficient (Wildman–Crippen LogP) is 3.02. The molecule has 1 aromatic heterocycles. The predicted molar refractivity (Wildman–Crippen MR) is 90.9 cm³/mol. The lowest BCUT2D eigenvalue weighted by atomic mass is 10.2. The van der Waals surface area contributed by atoms with Crippen molar-refractivity contribution >= 4 is 23.4 Å². The van der Waals surface area contributed by atoms with E-state index in [0.29, 0.717) is 5.02 Å². The minimum atomic E-state index is 0.135. The molecule has 5 nitrogen and oxygen atoms in total. The Balaban J connectivity index is 2.40. The molecule has 120 valence electrons. The summed E-state index contributed by atoms with van der Waals surface area (Å²) < 4.78 is 2.06. The van der Waals surface area contributed by atoms with Crippen molar-refractivity contribution in [3.8, 4) is 5.69 Å². The largest absolute Gasteiger partial charge is 0.396 e. The first kappa shape index (κ1) is 17.3. The third-order valence-corrected chi connectivity index (χ3v) is 4.69. The highest BCUT2D eigenvalue weighted by atomic mass is 35.5. The molecule has 1 atom stereocenters. The van der Waals surface area contributed by atoms with Gasteiger partial charge in [0.2, 0.25) is 0 Å². The van der Waals surface area contributed by atoms with Gasteiger partial charge >= 0.3 is 0 Å². The van der Waals surface area contributed by atoms with Crippen molar-refractivity contribution < 1.29 is 5.11 Å². The van der Waals surface area contributed by atoms with Gasteiger partial charge in [-0.2, -0.15) is 0 Å². The Morgan fingerprint density at radius 1 is 1.27 bits per heavy atom. The maximum absolute atomic E-state index is 8.95. The molecule has 0 saturated carbocycles. The minimum Gasteiger partial charge on any atom is -0.396 e. The van der Waals surface area contributed by atoms with Crippen molar-refractivity contribution in [2.45, 2.75) is 24.5 Å². The highest BCUT2D eigenvalue weighted by molar-refractivity contribution is 7.99. The van der Waals surface area contributed by atoms with E-state index >= 15 is 0 Å². The van der Waals surface area contributed by atoms with Crippen LogP contribution in [0.2, 0.25) is 5.02 Å². The van der Waals surface area contributed by atoms with Gasteiger partial charge in [0.15, 0.2) is 11.0 Å². The van der Waals surface area contributed by atoms with Crippen LogP contribution in [0.1, 0.15) is 25.2 Å². The molecule has 0 aliphatic rings. The van der Waals surface area contributed by atoms with Crippen molar-refractivity contribution in [1.82, 2.24) is 19.7 Å². The molecule has 2 rings (SSSR count). The second-order valence-corrected chi connectivity index (χ2v) is 6.72. The van der Waals surface area contributed by atoms with Gasteiger partial charge in [0, 0.05) is 23.1 Å². The summed E-state index contributed by atoms with van der Waals surface area (Å²) in [5.41, 5.74) is 0.990. The molecule has 0 aliphatic heterocycles. The lowest BCUT2D eigenvalue weighted by Gasteiger charge is -2.20. The minimum absolute atomic E-state index is 0.135. The summed E-state index contributed by atoms with van der Waals surface area (Å²) in [6, 6.07) is 7.80. The van der Waals surface area contributed by atoms with Crippen molar-refractivity contribution in [3.05, 3.63) is 35.1 Å². The van der Waals surface area contributed by atoms with E-state index in [2.05, 4.69) is 26.6 Å². The maximum Gasteiger partial charge on any atom is 0.195 e. The molecule has 0 aliphatic carbocycles. The van der Waals surface area contributed by atoms with E-state index in [1.807, 2.05) is 38.4 Å². The summed E-state index contributed by atoms with van der Waals surface area (Å²) in [4.78, 5) is 2.10. The van der Waals surface area contributed by atoms with Crippen LogP contribution in [-0.4, -0.2) is 51.2 Å². The van der Waals surface area contributed by atoms with E-state index in [1.165, 1.54) is 0 Å². The highest BCUT2D eigenvalue weighted by Gasteiger charge is 2.20. The fourth-order valence-corrected chi connectivity index (χ4v) is 2.95. The molecule has 1 aromatic carbocycles. The monoisotopic (exact) mass is 340 g/mol. The molecule has 0 spiro atoms. The Bertz CT molecular complexity index is 600. The standard InChI is InChI=1S/C15H21ClN4OS/c1-11(19(2)3)14-17-18-15(22-10-4-9-21)20(14)13-7-5-12(16)6-8-13/h5-8,11,21H,4,9-10H2,1-3H3/t11-/m0/s1. The Morgan fingerprint density at radius 2 is 1.95 bits per heavy atom. The zero-order chi connectivity index (χ0) is 16.1. The Labute approximate surface area is 140 Å². The normalized spacial score (nSPS) is 12.8. The van der Waals surface area contributed by atoms with E-state index in [-0.39, 0.29) is 12.6 Å². The number of hydrogen-bond donors (Lipinski definition) is 1. The van der Waals surface area contributed by atoms with Gasteiger partial charge in [0.05, 0.1) is 6.04 Å².